The van der Waals surface area contributed by atoms with E-state index in [1.54, 1.807) is 0 Å². The minimum atomic E-state index is -1.07. The van der Waals surface area contributed by atoms with Crippen molar-refractivity contribution in [3.05, 3.63) is 34.3 Å². The number of H-pyrrole nitrogens is 1. The van der Waals surface area contributed by atoms with Gasteiger partial charge in [-0.2, -0.15) is 0 Å². The Morgan fingerprint density at radius 1 is 1.50 bits per heavy atom. The van der Waals surface area contributed by atoms with Gasteiger partial charge < -0.3 is 10.1 Å². The number of thiophene rings is 1. The highest BCUT2D eigenvalue weighted by atomic mass is 32.1. The number of carboxylic acids is 1. The lowest BCUT2D eigenvalue weighted by molar-refractivity contribution is 0.0692. The summed E-state index contributed by atoms with van der Waals surface area (Å²) in [6.07, 6.45) is 0.562. The molecule has 2 aromatic heterocycles. The van der Waals surface area contributed by atoms with Gasteiger partial charge in [-0.1, -0.05) is 19.9 Å². The van der Waals surface area contributed by atoms with E-state index in [-0.39, 0.29) is 17.2 Å². The Kier molecular flexibility index (Phi) is 3.34. The fourth-order valence-corrected chi connectivity index (χ4v) is 2.79. The minimum Gasteiger partial charge on any atom is -0.478 e. The number of carboxylic acid groups (broad SMARTS) is 1. The summed E-state index contributed by atoms with van der Waals surface area (Å²) in [5.74, 6) is -1.04. The van der Waals surface area contributed by atoms with E-state index < -0.39 is 5.97 Å². The van der Waals surface area contributed by atoms with Gasteiger partial charge in [0.1, 0.15) is 0 Å². The highest BCUT2D eigenvalue weighted by Crippen LogP contribution is 2.35. The predicted octanol–water partition coefficient (Wildman–Crippen LogP) is 3.38. The maximum absolute atomic E-state index is 11.3. The molecular weight excluding hydrogens is 250 g/mol. The van der Waals surface area contributed by atoms with E-state index in [4.69, 9.17) is 0 Å². The molecule has 0 bridgehead atoms. The average molecular weight is 263 g/mol. The molecule has 0 radical (unpaired) electrons. The standard InChI is InChI=1S/C13H13NO3S/c1-7(2)10-11(13(16)17)8(6-15)14-12(10)9-4-3-5-18-9/h3-7,14H,1-2H3,(H,16,17). The fraction of sp³-hybridized carbons (Fsp3) is 0.231. The monoisotopic (exact) mass is 263 g/mol. The van der Waals surface area contributed by atoms with Gasteiger partial charge in [0.15, 0.2) is 6.29 Å². The van der Waals surface area contributed by atoms with Crippen LogP contribution in [0, 0.1) is 0 Å². The van der Waals surface area contributed by atoms with Crippen LogP contribution in [0.4, 0.5) is 0 Å². The van der Waals surface area contributed by atoms with Crippen molar-refractivity contribution >= 4 is 23.6 Å². The van der Waals surface area contributed by atoms with E-state index in [1.807, 2.05) is 31.4 Å². The van der Waals surface area contributed by atoms with Crippen LogP contribution < -0.4 is 0 Å². The zero-order valence-corrected chi connectivity index (χ0v) is 10.9. The molecule has 0 aliphatic heterocycles. The molecule has 0 fully saturated rings. The van der Waals surface area contributed by atoms with E-state index in [2.05, 4.69) is 4.98 Å². The smallest absolute Gasteiger partial charge is 0.338 e. The van der Waals surface area contributed by atoms with Gasteiger partial charge in [0.05, 0.1) is 21.8 Å². The number of carbonyl (C=O) groups excluding carboxylic acids is 1. The molecule has 2 rings (SSSR count). The molecule has 0 aromatic carbocycles. The number of aromatic carboxylic acids is 1. The Morgan fingerprint density at radius 2 is 2.22 bits per heavy atom. The number of rotatable bonds is 4. The molecule has 0 amide bonds. The Hall–Kier alpha value is -1.88. The molecule has 5 heteroatoms. The molecule has 0 spiro atoms. The first-order valence-corrected chi connectivity index (χ1v) is 6.42. The van der Waals surface area contributed by atoms with Crippen molar-refractivity contribution in [1.82, 2.24) is 4.98 Å². The second-order valence-corrected chi connectivity index (χ2v) is 5.21. The maximum atomic E-state index is 11.3. The summed E-state index contributed by atoms with van der Waals surface area (Å²) in [5, 5.41) is 11.2. The molecule has 0 aliphatic carbocycles. The highest BCUT2D eigenvalue weighted by Gasteiger charge is 2.25. The Morgan fingerprint density at radius 3 is 2.67 bits per heavy atom. The number of hydrogen-bond acceptors (Lipinski definition) is 3. The van der Waals surface area contributed by atoms with Crippen molar-refractivity contribution in [2.24, 2.45) is 0 Å². The van der Waals surface area contributed by atoms with Crippen LogP contribution in [-0.4, -0.2) is 22.3 Å². The molecule has 2 heterocycles. The van der Waals surface area contributed by atoms with Gasteiger partial charge in [-0.3, -0.25) is 4.79 Å². The lowest BCUT2D eigenvalue weighted by Crippen LogP contribution is -2.04. The number of aromatic nitrogens is 1. The number of hydrogen-bond donors (Lipinski definition) is 2. The van der Waals surface area contributed by atoms with E-state index >= 15 is 0 Å². The first-order chi connectivity index (χ1) is 8.56. The van der Waals surface area contributed by atoms with Gasteiger partial charge in [-0.05, 0) is 22.9 Å². The first-order valence-electron chi connectivity index (χ1n) is 5.54. The SMILES string of the molecule is CC(C)c1c(-c2cccs2)[nH]c(C=O)c1C(=O)O. The van der Waals surface area contributed by atoms with Gasteiger partial charge in [0.25, 0.3) is 0 Å². The van der Waals surface area contributed by atoms with E-state index in [1.165, 1.54) is 11.3 Å². The van der Waals surface area contributed by atoms with Gasteiger partial charge in [-0.15, -0.1) is 11.3 Å². The summed E-state index contributed by atoms with van der Waals surface area (Å²) in [6.45, 7) is 3.84. The Bertz CT molecular complexity index is 582. The second kappa shape index (κ2) is 4.78. The normalized spacial score (nSPS) is 10.8. The van der Waals surface area contributed by atoms with Crippen molar-refractivity contribution < 1.29 is 14.7 Å². The van der Waals surface area contributed by atoms with E-state index in [9.17, 15) is 14.7 Å². The number of nitrogens with one attached hydrogen (secondary N) is 1. The third-order valence-electron chi connectivity index (χ3n) is 2.74. The second-order valence-electron chi connectivity index (χ2n) is 4.26. The molecule has 0 atom stereocenters. The van der Waals surface area contributed by atoms with Crippen LogP contribution in [-0.2, 0) is 0 Å². The highest BCUT2D eigenvalue weighted by molar-refractivity contribution is 7.13. The van der Waals surface area contributed by atoms with Crippen molar-refractivity contribution in [1.29, 1.82) is 0 Å². The summed E-state index contributed by atoms with van der Waals surface area (Å²) in [6, 6.07) is 3.80. The third-order valence-corrected chi connectivity index (χ3v) is 3.63. The molecule has 0 unspecified atom stereocenters. The van der Waals surface area contributed by atoms with Crippen LogP contribution in [0.3, 0.4) is 0 Å². The van der Waals surface area contributed by atoms with E-state index in [0.717, 1.165) is 10.6 Å². The van der Waals surface area contributed by atoms with Gasteiger partial charge >= 0.3 is 5.97 Å². The topological polar surface area (TPSA) is 70.2 Å². The molecule has 18 heavy (non-hydrogen) atoms. The molecule has 94 valence electrons. The predicted molar refractivity (Wildman–Crippen MR) is 70.5 cm³/mol. The lowest BCUT2D eigenvalue weighted by atomic mass is 9.97. The van der Waals surface area contributed by atoms with Crippen LogP contribution >= 0.6 is 11.3 Å². The molecule has 2 N–H and O–H groups in total. The lowest BCUT2D eigenvalue weighted by Gasteiger charge is -2.07. The van der Waals surface area contributed by atoms with Crippen LogP contribution in [0.2, 0.25) is 0 Å². The van der Waals surface area contributed by atoms with Crippen molar-refractivity contribution in [3.8, 4) is 10.6 Å². The van der Waals surface area contributed by atoms with Gasteiger partial charge in [-0.25, -0.2) is 4.79 Å². The van der Waals surface area contributed by atoms with Crippen LogP contribution in [0.5, 0.6) is 0 Å². The molecular formula is C13H13NO3S. The summed E-state index contributed by atoms with van der Waals surface area (Å²) >= 11 is 1.51. The first kappa shape index (κ1) is 12.6. The minimum absolute atomic E-state index is 0.0261. The summed E-state index contributed by atoms with van der Waals surface area (Å²) in [5.41, 5.74) is 1.64. The molecule has 0 saturated carbocycles. The van der Waals surface area contributed by atoms with Crippen molar-refractivity contribution in [3.63, 3.8) is 0 Å². The number of carbonyl (C=O) groups is 2. The average Bonchev–Trinajstić information content (AvgIpc) is 2.94. The number of aldehydes is 1. The maximum Gasteiger partial charge on any atom is 0.338 e. The van der Waals surface area contributed by atoms with Crippen LogP contribution in [0.25, 0.3) is 10.6 Å². The molecule has 0 aliphatic rings. The largest absolute Gasteiger partial charge is 0.478 e. The summed E-state index contributed by atoms with van der Waals surface area (Å²) in [4.78, 5) is 26.2. The molecule has 4 nitrogen and oxygen atoms in total. The third kappa shape index (κ3) is 1.97. The zero-order chi connectivity index (χ0) is 13.3. The Labute approximate surface area is 108 Å². The van der Waals surface area contributed by atoms with Gasteiger partial charge in [0.2, 0.25) is 0 Å². The molecule has 0 saturated heterocycles. The van der Waals surface area contributed by atoms with Crippen molar-refractivity contribution in [2.75, 3.05) is 0 Å². The van der Waals surface area contributed by atoms with Crippen LogP contribution in [0.15, 0.2) is 17.5 Å². The van der Waals surface area contributed by atoms with Crippen molar-refractivity contribution in [2.45, 2.75) is 19.8 Å². The quantitative estimate of drug-likeness (QED) is 0.831. The van der Waals surface area contributed by atoms with Gasteiger partial charge in [0, 0.05) is 0 Å². The molecule has 2 aromatic rings. The zero-order valence-electron chi connectivity index (χ0n) is 10.1. The summed E-state index contributed by atoms with van der Waals surface area (Å²) < 4.78 is 0. The summed E-state index contributed by atoms with van der Waals surface area (Å²) in [7, 11) is 0. The Balaban J connectivity index is 2.74. The van der Waals surface area contributed by atoms with Crippen LogP contribution in [0.1, 0.15) is 46.2 Å². The fourth-order valence-electron chi connectivity index (χ4n) is 2.05. The van der Waals surface area contributed by atoms with E-state index in [0.29, 0.717) is 11.8 Å². The number of aromatic amines is 1.